The lowest BCUT2D eigenvalue weighted by atomic mass is 10.0. The molecule has 5 nitrogen and oxygen atoms in total. The van der Waals surface area contributed by atoms with Crippen molar-refractivity contribution < 1.29 is 4.79 Å². The van der Waals surface area contributed by atoms with Gasteiger partial charge in [0.15, 0.2) is 0 Å². The van der Waals surface area contributed by atoms with Crippen LogP contribution in [0, 0.1) is 11.3 Å². The molecule has 0 unspecified atom stereocenters. The lowest BCUT2D eigenvalue weighted by molar-refractivity contribution is 0.100. The molecule has 2 N–H and O–H groups in total. The highest BCUT2D eigenvalue weighted by Crippen LogP contribution is 2.25. The third-order valence-corrected chi connectivity index (χ3v) is 5.96. The molecule has 176 valence electrons. The number of carbonyl (C=O) groups is 1. The van der Waals surface area contributed by atoms with Crippen LogP contribution in [0.2, 0.25) is 0 Å². The molecule has 0 fully saturated rings. The maximum Gasteiger partial charge on any atom is 0.249 e. The summed E-state index contributed by atoms with van der Waals surface area (Å²) in [5.74, 6) is -0.434. The average Bonchev–Trinajstić information content (AvgIpc) is 2.97. The predicted octanol–water partition coefficient (Wildman–Crippen LogP) is 6.77. The van der Waals surface area contributed by atoms with E-state index in [0.29, 0.717) is 11.1 Å². The zero-order chi connectivity index (χ0) is 25.6. The van der Waals surface area contributed by atoms with Gasteiger partial charge in [0.2, 0.25) is 5.91 Å². The maximum absolute atomic E-state index is 11.6. The van der Waals surface area contributed by atoms with E-state index in [1.807, 2.05) is 115 Å². The Balaban J connectivity index is 0.000000152. The second-order valence-corrected chi connectivity index (χ2v) is 8.35. The van der Waals surface area contributed by atoms with Crippen molar-refractivity contribution in [3.63, 3.8) is 0 Å². The summed E-state index contributed by atoms with van der Waals surface area (Å²) in [6.45, 7) is 0. The molecule has 37 heavy (non-hydrogen) atoms. The van der Waals surface area contributed by atoms with E-state index >= 15 is 0 Å². The van der Waals surface area contributed by atoms with Crippen LogP contribution in [0.15, 0.2) is 121 Å². The van der Waals surface area contributed by atoms with E-state index in [1.54, 1.807) is 6.07 Å². The first kappa shape index (κ1) is 23.4. The lowest BCUT2D eigenvalue weighted by Crippen LogP contribution is -2.12. The van der Waals surface area contributed by atoms with Gasteiger partial charge in [-0.15, -0.1) is 0 Å². The van der Waals surface area contributed by atoms with Crippen LogP contribution in [0.4, 0.5) is 0 Å². The van der Waals surface area contributed by atoms with Gasteiger partial charge < -0.3 is 5.73 Å². The smallest absolute Gasteiger partial charge is 0.249 e. The van der Waals surface area contributed by atoms with Crippen LogP contribution >= 0.6 is 0 Å². The molecular formula is C32H22N4O. The van der Waals surface area contributed by atoms with Crippen molar-refractivity contribution in [2.75, 3.05) is 0 Å². The van der Waals surface area contributed by atoms with E-state index in [9.17, 15) is 10.1 Å². The molecule has 0 saturated heterocycles. The fourth-order valence-electron chi connectivity index (χ4n) is 4.16. The van der Waals surface area contributed by atoms with Crippen molar-refractivity contribution in [3.05, 3.63) is 132 Å². The molecule has 0 bridgehead atoms. The van der Waals surface area contributed by atoms with E-state index in [0.717, 1.165) is 44.3 Å². The van der Waals surface area contributed by atoms with Gasteiger partial charge in [-0.25, -0.2) is 9.97 Å². The standard InChI is InChI=1S/C16H12N2O.C16H10N2/c17-16(19)13-10-15(11-6-2-1-3-7-11)18-14-9-5-4-8-12(13)14;17-11-13-10-16(12-6-2-1-3-7-12)18-15-9-5-4-8-14(13)15/h1-10H,(H2,17,19);1-10H. The SMILES string of the molecule is N#Cc1cc(-c2ccccc2)nc2ccccc12.NC(=O)c1cc(-c2ccccc2)nc2ccccc12. The number of nitrogens with two attached hydrogens (primary N) is 1. The Hall–Kier alpha value is -5.34. The molecule has 0 saturated carbocycles. The van der Waals surface area contributed by atoms with Gasteiger partial charge in [-0.3, -0.25) is 4.79 Å². The summed E-state index contributed by atoms with van der Waals surface area (Å²) in [5, 5.41) is 10.9. The highest BCUT2D eigenvalue weighted by molar-refractivity contribution is 6.06. The van der Waals surface area contributed by atoms with Crippen LogP contribution in [0.5, 0.6) is 0 Å². The predicted molar refractivity (Wildman–Crippen MR) is 148 cm³/mol. The molecule has 4 aromatic carbocycles. The van der Waals surface area contributed by atoms with Gasteiger partial charge in [0, 0.05) is 21.9 Å². The van der Waals surface area contributed by atoms with Crippen LogP contribution in [0.1, 0.15) is 15.9 Å². The first-order chi connectivity index (χ1) is 18.1. The average molecular weight is 479 g/mol. The second kappa shape index (κ2) is 10.5. The number of benzene rings is 4. The van der Waals surface area contributed by atoms with Crippen LogP contribution in [-0.2, 0) is 0 Å². The van der Waals surface area contributed by atoms with Crippen LogP contribution in [0.25, 0.3) is 44.3 Å². The quantitative estimate of drug-likeness (QED) is 0.304. The molecule has 1 amide bonds. The third-order valence-electron chi connectivity index (χ3n) is 5.96. The van der Waals surface area contributed by atoms with Crippen LogP contribution in [-0.4, -0.2) is 15.9 Å². The van der Waals surface area contributed by atoms with Gasteiger partial charge >= 0.3 is 0 Å². The number of nitriles is 1. The van der Waals surface area contributed by atoms with Gasteiger partial charge in [0.05, 0.1) is 39.6 Å². The van der Waals surface area contributed by atoms with E-state index in [4.69, 9.17) is 5.73 Å². The molecule has 0 radical (unpaired) electrons. The number of aromatic nitrogens is 2. The molecule has 6 aromatic rings. The Morgan fingerprint density at radius 2 is 1.08 bits per heavy atom. The number of hydrogen-bond acceptors (Lipinski definition) is 4. The summed E-state index contributed by atoms with van der Waals surface area (Å²) in [5.41, 5.74) is 11.9. The van der Waals surface area contributed by atoms with E-state index in [-0.39, 0.29) is 0 Å². The summed E-state index contributed by atoms with van der Waals surface area (Å²) in [6.07, 6.45) is 0. The Morgan fingerprint density at radius 3 is 1.62 bits per heavy atom. The Labute approximate surface area is 214 Å². The van der Waals surface area contributed by atoms with Crippen molar-refractivity contribution in [1.82, 2.24) is 9.97 Å². The zero-order valence-electron chi connectivity index (χ0n) is 19.9. The highest BCUT2D eigenvalue weighted by Gasteiger charge is 2.11. The van der Waals surface area contributed by atoms with Gasteiger partial charge in [-0.05, 0) is 24.3 Å². The zero-order valence-corrected chi connectivity index (χ0v) is 19.9. The Bertz CT molecular complexity index is 1760. The van der Waals surface area contributed by atoms with E-state index < -0.39 is 5.91 Å². The van der Waals surface area contributed by atoms with E-state index in [1.165, 1.54) is 0 Å². The highest BCUT2D eigenvalue weighted by atomic mass is 16.1. The fourth-order valence-corrected chi connectivity index (χ4v) is 4.16. The number of nitrogens with zero attached hydrogens (tertiary/aromatic N) is 3. The van der Waals surface area contributed by atoms with Crippen molar-refractivity contribution in [2.45, 2.75) is 0 Å². The summed E-state index contributed by atoms with van der Waals surface area (Å²) in [4.78, 5) is 20.8. The first-order valence-corrected chi connectivity index (χ1v) is 11.7. The van der Waals surface area contributed by atoms with Crippen LogP contribution in [0.3, 0.4) is 0 Å². The molecule has 0 spiro atoms. The fraction of sp³-hybridized carbons (Fsp3) is 0. The lowest BCUT2D eigenvalue weighted by Gasteiger charge is -2.07. The molecule has 6 rings (SSSR count). The number of primary amides is 1. The third kappa shape index (κ3) is 5.04. The van der Waals surface area contributed by atoms with Crippen LogP contribution < -0.4 is 5.73 Å². The van der Waals surface area contributed by atoms with Gasteiger partial charge in [-0.2, -0.15) is 5.26 Å². The molecule has 0 atom stereocenters. The summed E-state index contributed by atoms with van der Waals surface area (Å²) in [6, 6.07) is 40.7. The summed E-state index contributed by atoms with van der Waals surface area (Å²) < 4.78 is 0. The number of fused-ring (bicyclic) bond motifs is 2. The molecular weight excluding hydrogens is 456 g/mol. The number of para-hydroxylation sites is 2. The van der Waals surface area contributed by atoms with Crippen molar-refractivity contribution >= 4 is 27.7 Å². The van der Waals surface area contributed by atoms with Crippen molar-refractivity contribution in [1.29, 1.82) is 5.26 Å². The molecule has 0 aliphatic carbocycles. The maximum atomic E-state index is 11.6. The monoisotopic (exact) mass is 478 g/mol. The normalized spacial score (nSPS) is 10.4. The van der Waals surface area contributed by atoms with Crippen molar-refractivity contribution in [2.24, 2.45) is 5.73 Å². The number of hydrogen-bond donors (Lipinski definition) is 1. The first-order valence-electron chi connectivity index (χ1n) is 11.7. The molecule has 2 heterocycles. The van der Waals surface area contributed by atoms with Crippen molar-refractivity contribution in [3.8, 4) is 28.6 Å². The minimum atomic E-state index is -0.434. The molecule has 0 aliphatic heterocycles. The minimum absolute atomic E-state index is 0.434. The van der Waals surface area contributed by atoms with Gasteiger partial charge in [0.25, 0.3) is 0 Å². The molecule has 2 aromatic heterocycles. The minimum Gasteiger partial charge on any atom is -0.366 e. The molecule has 5 heteroatoms. The Morgan fingerprint density at radius 1 is 0.622 bits per heavy atom. The van der Waals surface area contributed by atoms with Gasteiger partial charge in [-0.1, -0.05) is 97.1 Å². The molecule has 0 aliphatic rings. The summed E-state index contributed by atoms with van der Waals surface area (Å²) >= 11 is 0. The number of pyridine rings is 2. The Kier molecular flexibility index (Phi) is 6.65. The second-order valence-electron chi connectivity index (χ2n) is 8.35. The largest absolute Gasteiger partial charge is 0.366 e. The topological polar surface area (TPSA) is 92.7 Å². The number of amides is 1. The number of rotatable bonds is 3. The van der Waals surface area contributed by atoms with E-state index in [2.05, 4.69) is 16.0 Å². The number of carbonyl (C=O) groups excluding carboxylic acids is 1. The summed E-state index contributed by atoms with van der Waals surface area (Å²) in [7, 11) is 0. The van der Waals surface area contributed by atoms with Gasteiger partial charge in [0.1, 0.15) is 0 Å².